The second-order valence-corrected chi connectivity index (χ2v) is 20.7. The van der Waals surface area contributed by atoms with Crippen LogP contribution in [0, 0.1) is 45.3 Å². The molecule has 6 fully saturated rings. The monoisotopic (exact) mass is 800 g/mol. The molecular formula is C42H72O14. The largest absolute Gasteiger partial charge is 0.393 e. The second-order valence-electron chi connectivity index (χ2n) is 20.7. The third-order valence-corrected chi connectivity index (χ3v) is 16.4. The standard InChI is InChI=1S/C42H72O14/c1-20-28(45)30(47)32(49)35(54-20)53-19-24-29(46)31(48)33(50)36(55-24)56-42(9,14-10-13-37(2,3)52)21-11-15-41(8)27(21)22(43)17-26-39(6)18-23(44)34(51)38(4,5)25(39)12-16-40(26,41)7/h10,13,20-36,43-52H,11-12,14-19H2,1-9H3. The average Bonchev–Trinajstić information content (AvgIpc) is 3.49. The second kappa shape index (κ2) is 15.3. The summed E-state index contributed by atoms with van der Waals surface area (Å²) in [6.07, 6.45) is -8.92. The number of fused-ring (bicyclic) bond motifs is 5. The van der Waals surface area contributed by atoms with E-state index in [1.165, 1.54) is 6.92 Å². The Bertz CT molecular complexity index is 1420. The van der Waals surface area contributed by atoms with Gasteiger partial charge in [0, 0.05) is 0 Å². The summed E-state index contributed by atoms with van der Waals surface area (Å²) in [5.41, 5.74) is -3.67. The highest BCUT2D eigenvalue weighted by molar-refractivity contribution is 5.21. The van der Waals surface area contributed by atoms with Crippen molar-refractivity contribution in [3.8, 4) is 0 Å². The number of aliphatic hydroxyl groups excluding tert-OH is 9. The molecular weight excluding hydrogens is 728 g/mol. The quantitative estimate of drug-likeness (QED) is 0.147. The molecule has 324 valence electrons. The van der Waals surface area contributed by atoms with E-state index in [0.717, 1.165) is 19.3 Å². The normalized spacial score (nSPS) is 53.2. The zero-order chi connectivity index (χ0) is 41.7. The fraction of sp³-hybridized carbons (Fsp3) is 0.952. The van der Waals surface area contributed by atoms with Crippen molar-refractivity contribution in [1.82, 2.24) is 0 Å². The van der Waals surface area contributed by atoms with Crippen LogP contribution in [0.1, 0.15) is 107 Å². The summed E-state index contributed by atoms with van der Waals surface area (Å²) in [7, 11) is 0. The molecule has 6 aliphatic rings. The number of aliphatic hydroxyl groups is 10. The molecule has 6 rings (SSSR count). The Labute approximate surface area is 331 Å². The van der Waals surface area contributed by atoms with Crippen molar-refractivity contribution in [1.29, 1.82) is 0 Å². The summed E-state index contributed by atoms with van der Waals surface area (Å²) in [6.45, 7) is 17.3. The molecule has 0 radical (unpaired) electrons. The van der Waals surface area contributed by atoms with Gasteiger partial charge in [0.25, 0.3) is 0 Å². The van der Waals surface area contributed by atoms with Crippen molar-refractivity contribution < 1.29 is 70.0 Å². The van der Waals surface area contributed by atoms with Crippen LogP contribution < -0.4 is 0 Å². The summed E-state index contributed by atoms with van der Waals surface area (Å²) < 4.78 is 24.2. The van der Waals surface area contributed by atoms with Crippen LogP contribution in [-0.4, -0.2) is 149 Å². The van der Waals surface area contributed by atoms with Crippen molar-refractivity contribution >= 4 is 0 Å². The smallest absolute Gasteiger partial charge is 0.187 e. The van der Waals surface area contributed by atoms with E-state index in [1.807, 2.05) is 13.0 Å². The van der Waals surface area contributed by atoms with Crippen molar-refractivity contribution in [3.05, 3.63) is 12.2 Å². The minimum Gasteiger partial charge on any atom is -0.393 e. The number of ether oxygens (including phenoxy) is 4. The first kappa shape index (κ1) is 44.7. The van der Waals surface area contributed by atoms with Gasteiger partial charge in [0.15, 0.2) is 12.6 Å². The number of hydrogen-bond donors (Lipinski definition) is 10. The molecule has 10 N–H and O–H groups in total. The first-order chi connectivity index (χ1) is 25.7. The van der Waals surface area contributed by atoms with Crippen molar-refractivity contribution in [2.24, 2.45) is 45.3 Å². The Kier molecular flexibility index (Phi) is 12.2. The molecule has 56 heavy (non-hydrogen) atoms. The summed E-state index contributed by atoms with van der Waals surface area (Å²) >= 11 is 0. The van der Waals surface area contributed by atoms with Crippen LogP contribution in [0.5, 0.6) is 0 Å². The first-order valence-corrected chi connectivity index (χ1v) is 20.9. The van der Waals surface area contributed by atoms with Gasteiger partial charge in [0.05, 0.1) is 42.2 Å². The Hall–Kier alpha value is -0.820. The zero-order valence-corrected chi connectivity index (χ0v) is 34.7. The van der Waals surface area contributed by atoms with Gasteiger partial charge in [-0.15, -0.1) is 0 Å². The van der Waals surface area contributed by atoms with E-state index >= 15 is 0 Å². The maximum absolute atomic E-state index is 12.4. The molecule has 0 spiro atoms. The Morgan fingerprint density at radius 1 is 0.714 bits per heavy atom. The lowest BCUT2D eigenvalue weighted by atomic mass is 9.35. The van der Waals surface area contributed by atoms with Gasteiger partial charge >= 0.3 is 0 Å². The number of rotatable bonds is 9. The lowest BCUT2D eigenvalue weighted by Crippen LogP contribution is -2.68. The van der Waals surface area contributed by atoms with Crippen LogP contribution in [0.2, 0.25) is 0 Å². The molecule has 2 saturated heterocycles. The van der Waals surface area contributed by atoms with Crippen LogP contribution in [0.4, 0.5) is 0 Å². The molecule has 2 heterocycles. The van der Waals surface area contributed by atoms with Crippen LogP contribution in [0.15, 0.2) is 12.2 Å². The van der Waals surface area contributed by atoms with Crippen molar-refractivity contribution in [2.45, 2.75) is 198 Å². The molecule has 14 nitrogen and oxygen atoms in total. The third-order valence-electron chi connectivity index (χ3n) is 16.4. The fourth-order valence-corrected chi connectivity index (χ4v) is 13.2. The molecule has 2 aliphatic heterocycles. The molecule has 4 saturated carbocycles. The van der Waals surface area contributed by atoms with Crippen LogP contribution >= 0.6 is 0 Å². The van der Waals surface area contributed by atoms with E-state index in [4.69, 9.17) is 18.9 Å². The lowest BCUT2D eigenvalue weighted by Gasteiger charge is -2.71. The fourth-order valence-electron chi connectivity index (χ4n) is 13.2. The summed E-state index contributed by atoms with van der Waals surface area (Å²) in [5, 5.41) is 110. The van der Waals surface area contributed by atoms with Gasteiger partial charge in [-0.25, -0.2) is 0 Å². The van der Waals surface area contributed by atoms with Gasteiger partial charge in [0.2, 0.25) is 0 Å². The Morgan fingerprint density at radius 3 is 1.96 bits per heavy atom. The van der Waals surface area contributed by atoms with Crippen LogP contribution in [0.25, 0.3) is 0 Å². The van der Waals surface area contributed by atoms with Crippen molar-refractivity contribution in [2.75, 3.05) is 6.61 Å². The van der Waals surface area contributed by atoms with Gasteiger partial charge < -0.3 is 70.0 Å². The maximum atomic E-state index is 12.4. The predicted octanol–water partition coefficient (Wildman–Crippen LogP) is 1.12. The average molecular weight is 801 g/mol. The van der Waals surface area contributed by atoms with Crippen LogP contribution in [-0.2, 0) is 18.9 Å². The molecule has 0 aromatic rings. The summed E-state index contributed by atoms with van der Waals surface area (Å²) in [6, 6.07) is 0. The molecule has 21 atom stereocenters. The highest BCUT2D eigenvalue weighted by Crippen LogP contribution is 2.76. The Morgan fingerprint density at radius 2 is 1.32 bits per heavy atom. The highest BCUT2D eigenvalue weighted by Gasteiger charge is 2.72. The highest BCUT2D eigenvalue weighted by atomic mass is 16.7. The van der Waals surface area contributed by atoms with Crippen LogP contribution in [0.3, 0.4) is 0 Å². The predicted molar refractivity (Wildman–Crippen MR) is 202 cm³/mol. The molecule has 0 amide bonds. The molecule has 0 aromatic heterocycles. The molecule has 0 bridgehead atoms. The van der Waals surface area contributed by atoms with E-state index in [1.54, 1.807) is 19.9 Å². The molecule has 0 aromatic carbocycles. The van der Waals surface area contributed by atoms with E-state index in [2.05, 4.69) is 34.6 Å². The van der Waals surface area contributed by atoms with Gasteiger partial charge in [-0.2, -0.15) is 0 Å². The third kappa shape index (κ3) is 7.26. The van der Waals surface area contributed by atoms with E-state index in [0.29, 0.717) is 19.3 Å². The lowest BCUT2D eigenvalue weighted by molar-refractivity contribution is -0.347. The zero-order valence-electron chi connectivity index (χ0n) is 34.7. The van der Waals surface area contributed by atoms with Gasteiger partial charge in [-0.3, -0.25) is 0 Å². The van der Waals surface area contributed by atoms with E-state index < -0.39 is 103 Å². The maximum Gasteiger partial charge on any atom is 0.187 e. The molecule has 14 heteroatoms. The van der Waals surface area contributed by atoms with Gasteiger partial charge in [-0.05, 0) is 118 Å². The minimum absolute atomic E-state index is 0.0763. The van der Waals surface area contributed by atoms with Gasteiger partial charge in [-0.1, -0.05) is 46.8 Å². The Balaban J connectivity index is 1.28. The molecule has 4 aliphatic carbocycles. The summed E-state index contributed by atoms with van der Waals surface area (Å²) in [5.74, 6) is -0.289. The van der Waals surface area contributed by atoms with Gasteiger partial charge in [0.1, 0.15) is 42.7 Å². The SMILES string of the molecule is CC1OC(OCC2OC(OC(C)(CC=CC(C)(C)O)C3CCC4(C)C3C(O)CC3C5(C)CC(O)C(O)C(C)(C)C5CCC34C)C(O)C(O)C2O)C(O)C(O)C1O. The summed E-state index contributed by atoms with van der Waals surface area (Å²) in [4.78, 5) is 0. The molecule has 21 unspecified atom stereocenters. The minimum atomic E-state index is -1.71. The van der Waals surface area contributed by atoms with E-state index in [-0.39, 0.29) is 46.3 Å². The first-order valence-electron chi connectivity index (χ1n) is 20.9. The number of hydrogen-bond acceptors (Lipinski definition) is 14. The van der Waals surface area contributed by atoms with Crippen molar-refractivity contribution in [3.63, 3.8) is 0 Å². The topological polar surface area (TPSA) is 239 Å². The van der Waals surface area contributed by atoms with E-state index in [9.17, 15) is 51.1 Å².